The number of anilines is 4. The lowest BCUT2D eigenvalue weighted by Crippen LogP contribution is -2.26. The number of pyridine rings is 1. The van der Waals surface area contributed by atoms with Crippen molar-refractivity contribution in [2.24, 2.45) is 0 Å². The van der Waals surface area contributed by atoms with Gasteiger partial charge in [0.25, 0.3) is 0 Å². The summed E-state index contributed by atoms with van der Waals surface area (Å²) in [6.45, 7) is 15.5. The number of fused-ring (bicyclic) bond motifs is 4. The van der Waals surface area contributed by atoms with Crippen molar-refractivity contribution in [3.8, 4) is 39.6 Å². The van der Waals surface area contributed by atoms with Crippen LogP contribution >= 0.6 is 0 Å². The first-order valence-corrected chi connectivity index (χ1v) is 22.6. The van der Waals surface area contributed by atoms with E-state index in [-0.39, 0.29) is 22.8 Å². The van der Waals surface area contributed by atoms with Crippen LogP contribution in [0, 0.1) is 17.5 Å². The summed E-state index contributed by atoms with van der Waals surface area (Å²) in [4.78, 5) is 9.49. The lowest BCUT2D eigenvalue weighted by Gasteiger charge is -2.30. The molecule has 3 heterocycles. The first-order valence-electron chi connectivity index (χ1n) is 22.6. The van der Waals surface area contributed by atoms with E-state index in [0.717, 1.165) is 84.8 Å². The Kier molecular flexibility index (Phi) is 10.7. The van der Waals surface area contributed by atoms with E-state index in [4.69, 9.17) is 9.72 Å². The van der Waals surface area contributed by atoms with Crippen molar-refractivity contribution in [1.82, 2.24) is 9.55 Å². The van der Waals surface area contributed by atoms with Gasteiger partial charge >= 0.3 is 0 Å². The van der Waals surface area contributed by atoms with Gasteiger partial charge in [0.2, 0.25) is 0 Å². The van der Waals surface area contributed by atoms with Gasteiger partial charge in [-0.15, -0.1) is 0 Å². The largest absolute Gasteiger partial charge is 0.457 e. The maximum Gasteiger partial charge on any atom is 0.137 e. The summed E-state index contributed by atoms with van der Waals surface area (Å²) in [5.41, 5.74) is 11.2. The second-order valence-corrected chi connectivity index (χ2v) is 18.9. The Balaban J connectivity index is 1.09. The van der Waals surface area contributed by atoms with Gasteiger partial charge in [-0.05, 0) is 117 Å². The summed E-state index contributed by atoms with van der Waals surface area (Å²) in [6.07, 6.45) is 1.89. The Hall–Kier alpha value is -7.32. The average molecular weight is 877 g/mol. The second-order valence-electron chi connectivity index (χ2n) is 18.9. The van der Waals surface area contributed by atoms with Gasteiger partial charge in [0.1, 0.15) is 41.4 Å². The molecular formula is C58H51F3N4O. The minimum absolute atomic E-state index is 0.0131. The molecule has 1 aliphatic heterocycles. The second kappa shape index (κ2) is 16.6. The van der Waals surface area contributed by atoms with Crippen LogP contribution in [0.5, 0.6) is 11.5 Å². The molecule has 0 fully saturated rings. The molecule has 0 saturated heterocycles. The summed E-state index contributed by atoms with van der Waals surface area (Å²) in [5, 5.41) is 2.24. The van der Waals surface area contributed by atoms with Gasteiger partial charge in [-0.2, -0.15) is 0 Å². The van der Waals surface area contributed by atoms with E-state index in [9.17, 15) is 4.39 Å². The third-order valence-electron chi connectivity index (χ3n) is 12.8. The number of nitrogens with zero attached hydrogens (tertiary/aromatic N) is 4. The lowest BCUT2D eigenvalue weighted by molar-refractivity contribution is 0.483. The maximum absolute atomic E-state index is 15.4. The van der Waals surface area contributed by atoms with E-state index in [1.54, 1.807) is 0 Å². The SMILES string of the molecule is CC(C)c1cc(-c2c(F)cc(F)cc2F)cc(C(C)C)c1N1CN(c2cc(Oc3ccc4c5ccccc5n(-c5cc(C(C)(C)C)ccn5)c4c3)cc(-c3ccccc3)c2)c2ccccc21. The summed E-state index contributed by atoms with van der Waals surface area (Å²) >= 11 is 0. The third-order valence-corrected chi connectivity index (χ3v) is 12.8. The van der Waals surface area contributed by atoms with Crippen molar-refractivity contribution in [3.63, 3.8) is 0 Å². The van der Waals surface area contributed by atoms with Crippen LogP contribution in [-0.4, -0.2) is 16.2 Å². The molecule has 0 N–H and O–H groups in total. The highest BCUT2D eigenvalue weighted by atomic mass is 19.1. The van der Waals surface area contributed by atoms with E-state index >= 15 is 8.78 Å². The van der Waals surface area contributed by atoms with Crippen molar-refractivity contribution < 1.29 is 17.9 Å². The zero-order valence-electron chi connectivity index (χ0n) is 38.2. The zero-order valence-corrected chi connectivity index (χ0v) is 38.2. The number of hydrogen-bond acceptors (Lipinski definition) is 4. The highest BCUT2D eigenvalue weighted by Crippen LogP contribution is 2.51. The van der Waals surface area contributed by atoms with Crippen molar-refractivity contribution >= 4 is 44.6 Å². The molecular weight excluding hydrogens is 826 g/mol. The first kappa shape index (κ1) is 42.6. The van der Waals surface area contributed by atoms with E-state index in [2.05, 4.69) is 154 Å². The fourth-order valence-electron chi connectivity index (χ4n) is 9.46. The molecule has 0 spiro atoms. The van der Waals surface area contributed by atoms with Crippen LogP contribution < -0.4 is 14.5 Å². The molecule has 1 aliphatic rings. The summed E-state index contributed by atoms with van der Waals surface area (Å²) < 4.78 is 54.0. The molecule has 0 bridgehead atoms. The van der Waals surface area contributed by atoms with Crippen LogP contribution in [0.4, 0.5) is 35.9 Å². The van der Waals surface area contributed by atoms with Crippen molar-refractivity contribution in [1.29, 1.82) is 0 Å². The topological polar surface area (TPSA) is 33.5 Å². The Morgan fingerprint density at radius 1 is 0.561 bits per heavy atom. The molecule has 8 heteroatoms. The lowest BCUT2D eigenvalue weighted by atomic mass is 9.87. The highest BCUT2D eigenvalue weighted by Gasteiger charge is 2.33. The number of ether oxygens (including phenoxy) is 1. The molecule has 7 aromatic carbocycles. The fraction of sp³-hybridized carbons (Fsp3) is 0.190. The van der Waals surface area contributed by atoms with Gasteiger partial charge < -0.3 is 14.5 Å². The quantitative estimate of drug-likeness (QED) is 0.145. The predicted molar refractivity (Wildman–Crippen MR) is 265 cm³/mol. The maximum atomic E-state index is 15.4. The van der Waals surface area contributed by atoms with Crippen LogP contribution in [0.25, 0.3) is 49.9 Å². The molecule has 9 aromatic rings. The Bertz CT molecular complexity index is 3260. The molecule has 2 aromatic heterocycles. The number of aromatic nitrogens is 2. The van der Waals surface area contributed by atoms with Gasteiger partial charge in [0.05, 0.1) is 28.0 Å². The number of rotatable bonds is 9. The molecule has 0 amide bonds. The molecule has 0 unspecified atom stereocenters. The Morgan fingerprint density at radius 3 is 1.88 bits per heavy atom. The number of hydrogen-bond donors (Lipinski definition) is 0. The van der Waals surface area contributed by atoms with Crippen LogP contribution in [-0.2, 0) is 5.41 Å². The monoisotopic (exact) mass is 876 g/mol. The molecule has 10 rings (SSSR count). The predicted octanol–water partition coefficient (Wildman–Crippen LogP) is 16.5. The van der Waals surface area contributed by atoms with Gasteiger partial charge in [-0.25, -0.2) is 18.2 Å². The minimum atomic E-state index is -0.947. The van der Waals surface area contributed by atoms with Crippen LogP contribution in [0.3, 0.4) is 0 Å². The molecule has 0 radical (unpaired) electrons. The van der Waals surface area contributed by atoms with E-state index in [1.807, 2.05) is 54.7 Å². The normalized spacial score (nSPS) is 12.8. The van der Waals surface area contributed by atoms with Gasteiger partial charge in [0, 0.05) is 52.6 Å². The molecule has 0 aliphatic carbocycles. The Labute approximate surface area is 384 Å². The van der Waals surface area contributed by atoms with E-state index in [1.165, 1.54) is 5.56 Å². The van der Waals surface area contributed by atoms with E-state index < -0.39 is 17.5 Å². The van der Waals surface area contributed by atoms with Crippen LogP contribution in [0.2, 0.25) is 0 Å². The standard InChI is InChI=1S/C58H51F3N4O/c1-35(2)47-27-39(56-49(60)30-41(59)31-50(56)61)28-48(36(3)4)57(47)64-34-63(52-19-13-14-20-53(52)64)42-25-38(37-15-9-8-10-16-37)26-44(32-42)66-43-21-22-46-45-17-11-12-18-51(45)65(54(46)33-43)55-29-40(23-24-62-55)58(5,6)7/h8-33,35-36H,34H2,1-7H3. The first-order chi connectivity index (χ1) is 31.7. The average Bonchev–Trinajstić information content (AvgIpc) is 3.84. The highest BCUT2D eigenvalue weighted by molar-refractivity contribution is 6.09. The number of benzene rings is 7. The molecule has 0 atom stereocenters. The third kappa shape index (κ3) is 7.64. The molecule has 330 valence electrons. The van der Waals surface area contributed by atoms with Gasteiger partial charge in [0.15, 0.2) is 0 Å². The number of para-hydroxylation sites is 3. The zero-order chi connectivity index (χ0) is 46.0. The van der Waals surface area contributed by atoms with Gasteiger partial charge in [-0.3, -0.25) is 4.57 Å². The summed E-state index contributed by atoms with van der Waals surface area (Å²) in [5.74, 6) is -0.611. The minimum Gasteiger partial charge on any atom is -0.457 e. The Morgan fingerprint density at radius 2 is 1.20 bits per heavy atom. The van der Waals surface area contributed by atoms with Gasteiger partial charge in [-0.1, -0.05) is 109 Å². The van der Waals surface area contributed by atoms with Crippen molar-refractivity contribution in [3.05, 3.63) is 192 Å². The van der Waals surface area contributed by atoms with Crippen molar-refractivity contribution in [2.45, 2.75) is 65.7 Å². The molecule has 66 heavy (non-hydrogen) atoms. The van der Waals surface area contributed by atoms with Crippen LogP contribution in [0.15, 0.2) is 158 Å². The number of halogens is 3. The van der Waals surface area contributed by atoms with Crippen molar-refractivity contribution in [2.75, 3.05) is 16.5 Å². The summed E-state index contributed by atoms with van der Waals surface area (Å²) in [7, 11) is 0. The molecule has 5 nitrogen and oxygen atoms in total. The fourth-order valence-corrected chi connectivity index (χ4v) is 9.46. The smallest absolute Gasteiger partial charge is 0.137 e. The summed E-state index contributed by atoms with van der Waals surface area (Å²) in [6, 6.07) is 49.2. The van der Waals surface area contributed by atoms with Crippen LogP contribution in [0.1, 0.15) is 77.0 Å². The van der Waals surface area contributed by atoms with E-state index in [0.29, 0.717) is 23.7 Å². The molecule has 0 saturated carbocycles.